The summed E-state index contributed by atoms with van der Waals surface area (Å²) in [6.07, 6.45) is 0.776. The van der Waals surface area contributed by atoms with Crippen molar-refractivity contribution in [3.63, 3.8) is 0 Å². The minimum atomic E-state index is 0.199. The van der Waals surface area contributed by atoms with Gasteiger partial charge in [-0.15, -0.1) is 0 Å². The zero-order valence-corrected chi connectivity index (χ0v) is 10.3. The quantitative estimate of drug-likeness (QED) is 0.758. The first-order chi connectivity index (χ1) is 8.69. The topological polar surface area (TPSA) is 65.2 Å². The lowest BCUT2D eigenvalue weighted by Crippen LogP contribution is -1.98. The third-order valence-electron chi connectivity index (χ3n) is 2.34. The average Bonchev–Trinajstić information content (AvgIpc) is 2.85. The molecule has 0 bridgehead atoms. The van der Waals surface area contributed by atoms with Gasteiger partial charge < -0.3 is 9.26 Å². The summed E-state index contributed by atoms with van der Waals surface area (Å²) in [5, 5.41) is 3.81. The largest absolute Gasteiger partial charge is 0.485 e. The van der Waals surface area contributed by atoms with Crippen molar-refractivity contribution < 1.29 is 14.1 Å². The van der Waals surface area contributed by atoms with Gasteiger partial charge >= 0.3 is 0 Å². The molecule has 0 atom stereocenters. The van der Waals surface area contributed by atoms with Gasteiger partial charge in [0.25, 0.3) is 0 Å². The molecule has 18 heavy (non-hydrogen) atoms. The van der Waals surface area contributed by atoms with Gasteiger partial charge in [0.1, 0.15) is 12.0 Å². The van der Waals surface area contributed by atoms with Crippen LogP contribution in [0.2, 0.25) is 0 Å². The zero-order chi connectivity index (χ0) is 13.0. The van der Waals surface area contributed by atoms with E-state index in [1.54, 1.807) is 24.3 Å². The summed E-state index contributed by atoms with van der Waals surface area (Å²) in [6, 6.07) is 6.91. The maximum absolute atomic E-state index is 10.6. The van der Waals surface area contributed by atoms with E-state index in [9.17, 15) is 4.79 Å². The number of aromatic nitrogens is 2. The van der Waals surface area contributed by atoms with E-state index in [0.717, 1.165) is 6.29 Å². The number of benzene rings is 1. The molecule has 0 spiro atoms. The summed E-state index contributed by atoms with van der Waals surface area (Å²) in [7, 11) is 0. The molecule has 0 N–H and O–H groups in total. The number of carbonyl (C=O) groups is 1. The smallest absolute Gasteiger partial charge is 0.229 e. The van der Waals surface area contributed by atoms with Crippen molar-refractivity contribution in [3.8, 4) is 5.75 Å². The van der Waals surface area contributed by atoms with Crippen LogP contribution in [0.25, 0.3) is 0 Å². The third-order valence-corrected chi connectivity index (χ3v) is 2.34. The Labute approximate surface area is 105 Å². The van der Waals surface area contributed by atoms with Crippen LogP contribution < -0.4 is 4.74 Å². The lowest BCUT2D eigenvalue weighted by atomic mass is 10.2. The molecule has 1 aromatic carbocycles. The Morgan fingerprint density at radius 1 is 1.44 bits per heavy atom. The summed E-state index contributed by atoms with van der Waals surface area (Å²) in [6.45, 7) is 4.18. The molecular weight excluding hydrogens is 232 g/mol. The lowest BCUT2D eigenvalue weighted by Gasteiger charge is -2.03. The fourth-order valence-corrected chi connectivity index (χ4v) is 1.39. The van der Waals surface area contributed by atoms with E-state index in [4.69, 9.17) is 9.26 Å². The minimum Gasteiger partial charge on any atom is -0.485 e. The molecule has 5 nitrogen and oxygen atoms in total. The van der Waals surface area contributed by atoms with Crippen molar-refractivity contribution in [2.45, 2.75) is 26.4 Å². The zero-order valence-electron chi connectivity index (χ0n) is 10.3. The maximum atomic E-state index is 10.6. The molecule has 0 saturated heterocycles. The van der Waals surface area contributed by atoms with Crippen LogP contribution in [0.1, 0.15) is 41.8 Å². The molecule has 1 aromatic heterocycles. The van der Waals surface area contributed by atoms with E-state index < -0.39 is 0 Å². The minimum absolute atomic E-state index is 0.199. The monoisotopic (exact) mass is 246 g/mol. The van der Waals surface area contributed by atoms with Gasteiger partial charge in [-0.25, -0.2) is 0 Å². The molecular formula is C13H14N2O3. The van der Waals surface area contributed by atoms with Gasteiger partial charge in [0.15, 0.2) is 6.61 Å². The number of ether oxygens (including phenoxy) is 1. The van der Waals surface area contributed by atoms with E-state index >= 15 is 0 Å². The number of hydrogen-bond acceptors (Lipinski definition) is 5. The van der Waals surface area contributed by atoms with Gasteiger partial charge in [-0.05, 0) is 12.1 Å². The van der Waals surface area contributed by atoms with Crippen molar-refractivity contribution in [1.29, 1.82) is 0 Å². The first-order valence-corrected chi connectivity index (χ1v) is 5.69. The molecule has 0 saturated carbocycles. The van der Waals surface area contributed by atoms with Crippen LogP contribution in [0.5, 0.6) is 5.75 Å². The van der Waals surface area contributed by atoms with Crippen LogP contribution in [-0.2, 0) is 6.61 Å². The molecule has 0 amide bonds. The van der Waals surface area contributed by atoms with Gasteiger partial charge in [-0.1, -0.05) is 31.1 Å². The van der Waals surface area contributed by atoms with E-state index in [1.165, 1.54) is 0 Å². The van der Waals surface area contributed by atoms with E-state index in [1.807, 2.05) is 13.8 Å². The summed E-state index contributed by atoms with van der Waals surface area (Å²) in [4.78, 5) is 14.8. The second kappa shape index (κ2) is 5.44. The highest BCUT2D eigenvalue weighted by Crippen LogP contribution is 2.15. The van der Waals surface area contributed by atoms with Gasteiger partial charge in [0.05, 0.1) is 0 Å². The van der Waals surface area contributed by atoms with Gasteiger partial charge in [-0.2, -0.15) is 4.98 Å². The predicted octanol–water partition coefficient (Wildman–Crippen LogP) is 2.58. The number of hydrogen-bond donors (Lipinski definition) is 0. The Kier molecular flexibility index (Phi) is 3.72. The fraction of sp³-hybridized carbons (Fsp3) is 0.308. The van der Waals surface area contributed by atoms with E-state index in [-0.39, 0.29) is 12.5 Å². The summed E-state index contributed by atoms with van der Waals surface area (Å²) in [5.41, 5.74) is 0.573. The van der Waals surface area contributed by atoms with Gasteiger partial charge in [0.2, 0.25) is 11.7 Å². The van der Waals surface area contributed by atoms with Crippen LogP contribution >= 0.6 is 0 Å². The fourth-order valence-electron chi connectivity index (χ4n) is 1.39. The van der Waals surface area contributed by atoms with Crippen molar-refractivity contribution in [2.75, 3.05) is 0 Å². The van der Waals surface area contributed by atoms with Crippen LogP contribution in [0.4, 0.5) is 0 Å². The molecule has 0 aliphatic carbocycles. The molecule has 0 aliphatic heterocycles. The van der Waals surface area contributed by atoms with Crippen molar-refractivity contribution in [1.82, 2.24) is 10.1 Å². The average molecular weight is 246 g/mol. The van der Waals surface area contributed by atoms with Crippen LogP contribution in [-0.4, -0.2) is 16.4 Å². The van der Waals surface area contributed by atoms with Crippen LogP contribution in [0, 0.1) is 0 Å². The maximum Gasteiger partial charge on any atom is 0.229 e. The van der Waals surface area contributed by atoms with Crippen LogP contribution in [0.3, 0.4) is 0 Å². The Hall–Kier alpha value is -2.17. The van der Waals surface area contributed by atoms with Gasteiger partial charge in [-0.3, -0.25) is 4.79 Å². The normalized spacial score (nSPS) is 10.6. The second-order valence-corrected chi connectivity index (χ2v) is 4.18. The SMILES string of the molecule is CC(C)c1nc(COc2cccc(C=O)c2)no1. The van der Waals surface area contributed by atoms with Gasteiger partial charge in [0, 0.05) is 11.5 Å². The van der Waals surface area contributed by atoms with Crippen molar-refractivity contribution in [3.05, 3.63) is 41.5 Å². The number of carbonyl (C=O) groups excluding carboxylic acids is 1. The molecule has 2 aromatic rings. The highest BCUT2D eigenvalue weighted by atomic mass is 16.5. The Balaban J connectivity index is 1.99. The number of rotatable bonds is 5. The van der Waals surface area contributed by atoms with Crippen molar-refractivity contribution >= 4 is 6.29 Å². The van der Waals surface area contributed by atoms with E-state index in [0.29, 0.717) is 23.0 Å². The molecule has 0 unspecified atom stereocenters. The molecule has 94 valence electrons. The first kappa shape index (κ1) is 12.3. The molecule has 0 fully saturated rings. The molecule has 0 aliphatic rings. The standard InChI is InChI=1S/C13H14N2O3/c1-9(2)13-14-12(15-18-13)8-17-11-5-3-4-10(6-11)7-16/h3-7,9H,8H2,1-2H3. The molecule has 1 heterocycles. The second-order valence-electron chi connectivity index (χ2n) is 4.18. The molecule has 2 rings (SSSR count). The Morgan fingerprint density at radius 3 is 2.94 bits per heavy atom. The highest BCUT2D eigenvalue weighted by Gasteiger charge is 2.10. The number of nitrogens with zero attached hydrogens (tertiary/aromatic N) is 2. The lowest BCUT2D eigenvalue weighted by molar-refractivity contribution is 0.112. The Bertz CT molecular complexity index is 535. The summed E-state index contributed by atoms with van der Waals surface area (Å²) < 4.78 is 10.5. The predicted molar refractivity (Wildman–Crippen MR) is 64.5 cm³/mol. The van der Waals surface area contributed by atoms with Crippen LogP contribution in [0.15, 0.2) is 28.8 Å². The van der Waals surface area contributed by atoms with E-state index in [2.05, 4.69) is 10.1 Å². The number of aldehydes is 1. The molecule has 0 radical (unpaired) electrons. The highest BCUT2D eigenvalue weighted by molar-refractivity contribution is 5.75. The first-order valence-electron chi connectivity index (χ1n) is 5.69. The summed E-state index contributed by atoms with van der Waals surface area (Å²) >= 11 is 0. The third kappa shape index (κ3) is 2.94. The Morgan fingerprint density at radius 2 is 2.28 bits per heavy atom. The summed E-state index contributed by atoms with van der Waals surface area (Å²) in [5.74, 6) is 1.89. The molecule has 5 heteroatoms. The van der Waals surface area contributed by atoms with Crippen molar-refractivity contribution in [2.24, 2.45) is 0 Å².